The van der Waals surface area contributed by atoms with Crippen molar-refractivity contribution >= 4 is 11.8 Å². The van der Waals surface area contributed by atoms with Gasteiger partial charge in [-0.3, -0.25) is 4.79 Å². The van der Waals surface area contributed by atoms with E-state index in [9.17, 15) is 14.0 Å². The number of ketones is 1. The maximum atomic E-state index is 14.2. The molecule has 7 nitrogen and oxygen atoms in total. The minimum atomic E-state index is -0.750. The highest BCUT2D eigenvalue weighted by atomic mass is 19.1. The highest BCUT2D eigenvalue weighted by Crippen LogP contribution is 2.33. The summed E-state index contributed by atoms with van der Waals surface area (Å²) in [5.41, 5.74) is 1.45. The van der Waals surface area contributed by atoms with Gasteiger partial charge in [0, 0.05) is 17.5 Å². The summed E-state index contributed by atoms with van der Waals surface area (Å²) in [6.45, 7) is 1.82. The topological polar surface area (TPSA) is 83.3 Å². The van der Waals surface area contributed by atoms with Crippen molar-refractivity contribution in [1.29, 1.82) is 0 Å². The van der Waals surface area contributed by atoms with Gasteiger partial charge in [0.25, 0.3) is 0 Å². The average molecular weight is 409 g/mol. The van der Waals surface area contributed by atoms with Crippen LogP contribution in [0.1, 0.15) is 52.3 Å². The van der Waals surface area contributed by atoms with Crippen molar-refractivity contribution < 1.29 is 23.5 Å². The molecule has 1 unspecified atom stereocenters. The predicted molar refractivity (Wildman–Crippen MR) is 105 cm³/mol. The molecule has 3 aromatic rings. The maximum Gasteiger partial charge on any atom is 0.340 e. The van der Waals surface area contributed by atoms with Gasteiger partial charge in [-0.05, 0) is 56.2 Å². The highest BCUT2D eigenvalue weighted by Gasteiger charge is 2.30. The minimum absolute atomic E-state index is 0.158. The lowest BCUT2D eigenvalue weighted by molar-refractivity contribution is 0.0595. The van der Waals surface area contributed by atoms with Gasteiger partial charge in [-0.1, -0.05) is 0 Å². The molecule has 154 valence electrons. The molecule has 0 amide bonds. The van der Waals surface area contributed by atoms with Crippen LogP contribution in [0.3, 0.4) is 0 Å². The fourth-order valence-corrected chi connectivity index (χ4v) is 3.03. The Kier molecular flexibility index (Phi) is 5.31. The van der Waals surface area contributed by atoms with Crippen LogP contribution < -0.4 is 4.74 Å². The Morgan fingerprint density at radius 3 is 2.53 bits per heavy atom. The summed E-state index contributed by atoms with van der Waals surface area (Å²) in [4.78, 5) is 24.9. The number of hydrogen-bond donors (Lipinski definition) is 0. The Bertz CT molecular complexity index is 1090. The maximum absolute atomic E-state index is 14.2. The third-order valence-electron chi connectivity index (χ3n) is 4.91. The second-order valence-corrected chi connectivity index (χ2v) is 7.14. The number of nitrogens with zero attached hydrogens (tertiary/aromatic N) is 3. The largest absolute Gasteiger partial charge is 0.484 e. The Morgan fingerprint density at radius 2 is 1.90 bits per heavy atom. The zero-order chi connectivity index (χ0) is 21.3. The quantitative estimate of drug-likeness (QED) is 0.434. The third-order valence-corrected chi connectivity index (χ3v) is 4.91. The fraction of sp³-hybridized carbons (Fsp3) is 0.273. The van der Waals surface area contributed by atoms with Crippen molar-refractivity contribution in [3.63, 3.8) is 0 Å². The summed E-state index contributed by atoms with van der Waals surface area (Å²) in [7, 11) is 1.19. The molecule has 1 heterocycles. The molecule has 0 N–H and O–H groups in total. The van der Waals surface area contributed by atoms with Gasteiger partial charge in [-0.2, -0.15) is 9.90 Å². The molecule has 8 heteroatoms. The van der Waals surface area contributed by atoms with Crippen molar-refractivity contribution in [3.05, 3.63) is 71.3 Å². The summed E-state index contributed by atoms with van der Waals surface area (Å²) >= 11 is 0. The van der Waals surface area contributed by atoms with Gasteiger partial charge in [0.2, 0.25) is 0 Å². The molecule has 1 saturated carbocycles. The van der Waals surface area contributed by atoms with E-state index in [4.69, 9.17) is 4.74 Å². The van der Waals surface area contributed by atoms with Crippen LogP contribution in [0.4, 0.5) is 4.39 Å². The molecule has 1 aromatic heterocycles. The summed E-state index contributed by atoms with van der Waals surface area (Å²) in [5.74, 6) is -0.499. The van der Waals surface area contributed by atoms with E-state index in [1.807, 2.05) is 6.92 Å². The van der Waals surface area contributed by atoms with Gasteiger partial charge in [0.1, 0.15) is 23.4 Å². The molecule has 2 aromatic carbocycles. The van der Waals surface area contributed by atoms with Gasteiger partial charge in [0.15, 0.2) is 5.78 Å². The zero-order valence-corrected chi connectivity index (χ0v) is 16.5. The number of benzene rings is 2. The molecule has 1 atom stereocenters. The molecule has 0 radical (unpaired) electrons. The number of ether oxygens (including phenoxy) is 2. The minimum Gasteiger partial charge on any atom is -0.484 e. The number of carbonyl (C=O) groups is 2. The second kappa shape index (κ2) is 8.06. The predicted octanol–water partition coefficient (Wildman–Crippen LogP) is 3.93. The lowest BCUT2D eigenvalue weighted by atomic mass is 10.1. The first-order valence-electron chi connectivity index (χ1n) is 9.57. The number of rotatable bonds is 7. The second-order valence-electron chi connectivity index (χ2n) is 7.14. The normalized spacial score (nSPS) is 14.2. The van der Waals surface area contributed by atoms with Gasteiger partial charge in [-0.25, -0.2) is 9.18 Å². The molecular formula is C22H20FN3O4. The standard InChI is InChI=1S/C22H20FN3O4/c1-13(30-17-8-5-15(6-9-17)21(27)14-3-4-14)20-12-24-26(25-20)16-7-10-18(19(23)11-16)22(28)29-2/h5-14H,3-4H2,1-2H3. The van der Waals surface area contributed by atoms with Gasteiger partial charge < -0.3 is 9.47 Å². The van der Waals surface area contributed by atoms with Gasteiger partial charge >= 0.3 is 5.97 Å². The lowest BCUT2D eigenvalue weighted by Gasteiger charge is -2.12. The molecule has 1 fully saturated rings. The van der Waals surface area contributed by atoms with Crippen LogP contribution in [0.2, 0.25) is 0 Å². The lowest BCUT2D eigenvalue weighted by Crippen LogP contribution is -2.08. The highest BCUT2D eigenvalue weighted by molar-refractivity contribution is 5.99. The van der Waals surface area contributed by atoms with Crippen molar-refractivity contribution in [1.82, 2.24) is 15.0 Å². The van der Waals surface area contributed by atoms with Crippen LogP contribution in [-0.2, 0) is 4.74 Å². The first kappa shape index (κ1) is 19.8. The first-order chi connectivity index (χ1) is 14.5. The van der Waals surface area contributed by atoms with Crippen LogP contribution >= 0.6 is 0 Å². The van der Waals surface area contributed by atoms with E-state index >= 15 is 0 Å². The van der Waals surface area contributed by atoms with Crippen LogP contribution in [0.15, 0.2) is 48.7 Å². The van der Waals surface area contributed by atoms with Crippen LogP contribution in [0, 0.1) is 11.7 Å². The molecule has 30 heavy (non-hydrogen) atoms. The van der Waals surface area contributed by atoms with E-state index in [0.29, 0.717) is 22.7 Å². The number of methoxy groups -OCH3 is 1. The van der Waals surface area contributed by atoms with E-state index in [1.54, 1.807) is 24.3 Å². The molecule has 0 bridgehead atoms. The summed E-state index contributed by atoms with van der Waals surface area (Å²) in [6.07, 6.45) is 3.06. The number of halogens is 1. The van der Waals surface area contributed by atoms with E-state index < -0.39 is 17.9 Å². The molecule has 0 spiro atoms. The summed E-state index contributed by atoms with van der Waals surface area (Å²) in [6, 6.07) is 11.1. The summed E-state index contributed by atoms with van der Waals surface area (Å²) in [5, 5.41) is 8.48. The van der Waals surface area contributed by atoms with E-state index in [2.05, 4.69) is 14.9 Å². The van der Waals surface area contributed by atoms with Gasteiger partial charge in [-0.15, -0.1) is 5.10 Å². The van der Waals surface area contributed by atoms with Crippen LogP contribution in [0.25, 0.3) is 5.69 Å². The van der Waals surface area contributed by atoms with E-state index in [1.165, 1.54) is 30.2 Å². The number of aromatic nitrogens is 3. The molecule has 1 aliphatic carbocycles. The summed E-state index contributed by atoms with van der Waals surface area (Å²) < 4.78 is 24.6. The van der Waals surface area contributed by atoms with Crippen molar-refractivity contribution in [2.45, 2.75) is 25.9 Å². The molecule has 0 saturated heterocycles. The van der Waals surface area contributed by atoms with Crippen molar-refractivity contribution in [3.8, 4) is 11.4 Å². The Balaban J connectivity index is 1.45. The van der Waals surface area contributed by atoms with E-state index in [0.717, 1.165) is 18.9 Å². The van der Waals surface area contributed by atoms with Crippen molar-refractivity contribution in [2.24, 2.45) is 5.92 Å². The Labute approximate surface area is 172 Å². The van der Waals surface area contributed by atoms with Crippen LogP contribution in [0.5, 0.6) is 5.75 Å². The SMILES string of the molecule is COC(=O)c1ccc(-n2ncc(C(C)Oc3ccc(C(=O)C4CC4)cc3)n2)cc1F. The monoisotopic (exact) mass is 409 g/mol. The Hall–Kier alpha value is -3.55. The fourth-order valence-electron chi connectivity index (χ4n) is 3.03. The molecule has 0 aliphatic heterocycles. The van der Waals surface area contributed by atoms with Crippen molar-refractivity contribution in [2.75, 3.05) is 7.11 Å². The first-order valence-corrected chi connectivity index (χ1v) is 9.57. The smallest absolute Gasteiger partial charge is 0.340 e. The third kappa shape index (κ3) is 4.07. The number of esters is 1. The van der Waals surface area contributed by atoms with Crippen LogP contribution in [-0.4, -0.2) is 33.9 Å². The van der Waals surface area contributed by atoms with Gasteiger partial charge in [0.05, 0.1) is 24.6 Å². The average Bonchev–Trinajstić information content (AvgIpc) is 3.49. The Morgan fingerprint density at radius 1 is 1.17 bits per heavy atom. The molecule has 1 aliphatic rings. The molecular weight excluding hydrogens is 389 g/mol. The zero-order valence-electron chi connectivity index (χ0n) is 16.5. The molecule has 4 rings (SSSR count). The number of Topliss-reactive ketones (excluding diaryl/α,β-unsaturated/α-hetero) is 1. The van der Waals surface area contributed by atoms with E-state index in [-0.39, 0.29) is 17.3 Å². The number of carbonyl (C=O) groups excluding carboxylic acids is 2. The number of hydrogen-bond acceptors (Lipinski definition) is 6.